The van der Waals surface area contributed by atoms with E-state index in [1.54, 1.807) is 0 Å². The standard InChI is InChI=1S/C28H28N2O5/c1-18(27(32)33)30(2)26(31)25(16-19-10-4-3-5-11-19)29-28(34)35-17-24-22-14-8-6-12-20(22)21-13-7-9-15-23(21)24/h3-15,18,24-25H,16-17H2,1-2H3,(H,29,34)(H,32,33)/t18?,25-/m0/s1. The summed E-state index contributed by atoms with van der Waals surface area (Å²) in [5.74, 6) is -1.73. The highest BCUT2D eigenvalue weighted by atomic mass is 16.5. The lowest BCUT2D eigenvalue weighted by Gasteiger charge is -2.27. The van der Waals surface area contributed by atoms with Crippen molar-refractivity contribution >= 4 is 18.0 Å². The zero-order valence-electron chi connectivity index (χ0n) is 19.7. The van der Waals surface area contributed by atoms with E-state index < -0.39 is 30.1 Å². The molecule has 7 heteroatoms. The van der Waals surface area contributed by atoms with Gasteiger partial charge in [-0.05, 0) is 34.7 Å². The summed E-state index contributed by atoms with van der Waals surface area (Å²) in [5.41, 5.74) is 5.26. The van der Waals surface area contributed by atoms with Gasteiger partial charge in [0.15, 0.2) is 0 Å². The van der Waals surface area contributed by atoms with Crippen LogP contribution in [0.4, 0.5) is 4.79 Å². The Bertz CT molecular complexity index is 1180. The summed E-state index contributed by atoms with van der Waals surface area (Å²) in [6.45, 7) is 1.54. The molecule has 2 atom stereocenters. The molecule has 0 radical (unpaired) electrons. The molecule has 1 unspecified atom stereocenters. The second-order valence-electron chi connectivity index (χ2n) is 8.68. The Balaban J connectivity index is 1.48. The Morgan fingerprint density at radius 3 is 2.03 bits per heavy atom. The first-order chi connectivity index (χ1) is 16.9. The minimum Gasteiger partial charge on any atom is -0.480 e. The fourth-order valence-electron chi connectivity index (χ4n) is 4.43. The predicted octanol–water partition coefficient (Wildman–Crippen LogP) is 4.07. The summed E-state index contributed by atoms with van der Waals surface area (Å²) in [4.78, 5) is 38.5. The van der Waals surface area contributed by atoms with E-state index in [-0.39, 0.29) is 18.9 Å². The van der Waals surface area contributed by atoms with Gasteiger partial charge in [0.2, 0.25) is 5.91 Å². The second-order valence-corrected chi connectivity index (χ2v) is 8.68. The number of hydrogen-bond donors (Lipinski definition) is 2. The zero-order valence-corrected chi connectivity index (χ0v) is 19.7. The lowest BCUT2D eigenvalue weighted by molar-refractivity contribution is -0.148. The number of hydrogen-bond acceptors (Lipinski definition) is 4. The first kappa shape index (κ1) is 24.0. The molecule has 2 N–H and O–H groups in total. The molecular weight excluding hydrogens is 444 g/mol. The third kappa shape index (κ3) is 5.19. The molecule has 0 saturated heterocycles. The molecule has 2 amide bonds. The van der Waals surface area contributed by atoms with Crippen LogP contribution in [0.1, 0.15) is 29.5 Å². The first-order valence-corrected chi connectivity index (χ1v) is 11.5. The number of likely N-dealkylation sites (N-methyl/N-ethyl adjacent to an activating group) is 1. The lowest BCUT2D eigenvalue weighted by atomic mass is 9.98. The van der Waals surface area contributed by atoms with Gasteiger partial charge in [-0.1, -0.05) is 78.9 Å². The van der Waals surface area contributed by atoms with Crippen molar-refractivity contribution in [1.29, 1.82) is 0 Å². The molecule has 3 aromatic rings. The Hall–Kier alpha value is -4.13. The topological polar surface area (TPSA) is 95.9 Å². The maximum absolute atomic E-state index is 13.1. The van der Waals surface area contributed by atoms with Crippen molar-refractivity contribution in [2.45, 2.75) is 31.3 Å². The maximum Gasteiger partial charge on any atom is 0.407 e. The van der Waals surface area contributed by atoms with E-state index in [4.69, 9.17) is 4.74 Å². The van der Waals surface area contributed by atoms with Gasteiger partial charge in [0.25, 0.3) is 0 Å². The second kappa shape index (κ2) is 10.4. The van der Waals surface area contributed by atoms with Crippen molar-refractivity contribution in [2.75, 3.05) is 13.7 Å². The third-order valence-corrected chi connectivity index (χ3v) is 6.50. The number of nitrogens with one attached hydrogen (secondary N) is 1. The van der Waals surface area contributed by atoms with Crippen molar-refractivity contribution < 1.29 is 24.2 Å². The summed E-state index contributed by atoms with van der Waals surface area (Å²) in [6.07, 6.45) is -0.516. The molecular formula is C28H28N2O5. The summed E-state index contributed by atoms with van der Waals surface area (Å²) >= 11 is 0. The number of ether oxygens (including phenoxy) is 1. The highest BCUT2D eigenvalue weighted by Gasteiger charge is 2.32. The number of carbonyl (C=O) groups is 3. The quantitative estimate of drug-likeness (QED) is 0.515. The van der Waals surface area contributed by atoms with Gasteiger partial charge in [-0.25, -0.2) is 9.59 Å². The largest absolute Gasteiger partial charge is 0.480 e. The average molecular weight is 473 g/mol. The number of rotatable bonds is 8. The smallest absolute Gasteiger partial charge is 0.407 e. The lowest BCUT2D eigenvalue weighted by Crippen LogP contribution is -2.52. The molecule has 3 aromatic carbocycles. The van der Waals surface area contributed by atoms with Crippen LogP contribution in [0.5, 0.6) is 0 Å². The normalized spacial score (nSPS) is 13.8. The van der Waals surface area contributed by atoms with E-state index >= 15 is 0 Å². The highest BCUT2D eigenvalue weighted by molar-refractivity contribution is 5.89. The van der Waals surface area contributed by atoms with E-state index in [9.17, 15) is 19.5 Å². The molecule has 0 fully saturated rings. The zero-order chi connectivity index (χ0) is 24.9. The van der Waals surface area contributed by atoms with Crippen LogP contribution in [0.25, 0.3) is 11.1 Å². The summed E-state index contributed by atoms with van der Waals surface area (Å²) in [5, 5.41) is 12.0. The summed E-state index contributed by atoms with van der Waals surface area (Å²) in [7, 11) is 1.42. The van der Waals surface area contributed by atoms with Gasteiger partial charge in [0, 0.05) is 19.4 Å². The van der Waals surface area contributed by atoms with Crippen LogP contribution in [0.2, 0.25) is 0 Å². The van der Waals surface area contributed by atoms with Crippen LogP contribution in [-0.2, 0) is 20.7 Å². The third-order valence-electron chi connectivity index (χ3n) is 6.50. The van der Waals surface area contributed by atoms with E-state index in [2.05, 4.69) is 17.4 Å². The van der Waals surface area contributed by atoms with Crippen LogP contribution >= 0.6 is 0 Å². The number of alkyl carbamates (subject to hydrolysis) is 1. The number of fused-ring (bicyclic) bond motifs is 3. The van der Waals surface area contributed by atoms with E-state index in [1.165, 1.54) is 14.0 Å². The summed E-state index contributed by atoms with van der Waals surface area (Å²) < 4.78 is 5.61. The molecule has 0 spiro atoms. The van der Waals surface area contributed by atoms with E-state index in [1.807, 2.05) is 66.7 Å². The van der Waals surface area contributed by atoms with Crippen molar-refractivity contribution in [2.24, 2.45) is 0 Å². The Kier molecular flexibility index (Phi) is 7.15. The van der Waals surface area contributed by atoms with Crippen LogP contribution in [0.15, 0.2) is 78.9 Å². The number of carboxylic acids is 1. The number of carbonyl (C=O) groups excluding carboxylic acids is 2. The maximum atomic E-state index is 13.1. The monoisotopic (exact) mass is 472 g/mol. The van der Waals surface area contributed by atoms with Gasteiger partial charge in [0.1, 0.15) is 18.7 Å². The van der Waals surface area contributed by atoms with Crippen molar-refractivity contribution in [3.8, 4) is 11.1 Å². The van der Waals surface area contributed by atoms with Gasteiger partial charge < -0.3 is 20.1 Å². The number of benzene rings is 3. The van der Waals surface area contributed by atoms with Crippen molar-refractivity contribution in [3.63, 3.8) is 0 Å². The van der Waals surface area contributed by atoms with Crippen LogP contribution < -0.4 is 5.32 Å². The average Bonchev–Trinajstić information content (AvgIpc) is 3.20. The van der Waals surface area contributed by atoms with Gasteiger partial charge in [-0.15, -0.1) is 0 Å². The fraction of sp³-hybridized carbons (Fsp3) is 0.250. The molecule has 0 heterocycles. The predicted molar refractivity (Wildman–Crippen MR) is 132 cm³/mol. The number of aliphatic carboxylic acids is 1. The first-order valence-electron chi connectivity index (χ1n) is 11.5. The minimum absolute atomic E-state index is 0.105. The Morgan fingerprint density at radius 1 is 0.914 bits per heavy atom. The molecule has 35 heavy (non-hydrogen) atoms. The van der Waals surface area contributed by atoms with Crippen molar-refractivity contribution in [3.05, 3.63) is 95.6 Å². The molecule has 1 aliphatic rings. The van der Waals surface area contributed by atoms with Gasteiger partial charge in [0.05, 0.1) is 0 Å². The molecule has 7 nitrogen and oxygen atoms in total. The highest BCUT2D eigenvalue weighted by Crippen LogP contribution is 2.44. The Morgan fingerprint density at radius 2 is 1.46 bits per heavy atom. The molecule has 4 rings (SSSR count). The summed E-state index contributed by atoms with van der Waals surface area (Å²) in [6, 6.07) is 23.3. The van der Waals surface area contributed by atoms with E-state index in [0.29, 0.717) is 0 Å². The molecule has 0 bridgehead atoms. The molecule has 180 valence electrons. The van der Waals surface area contributed by atoms with Crippen LogP contribution in [0.3, 0.4) is 0 Å². The van der Waals surface area contributed by atoms with Crippen LogP contribution in [-0.4, -0.2) is 53.7 Å². The minimum atomic E-state index is -1.12. The van der Waals surface area contributed by atoms with Gasteiger partial charge >= 0.3 is 12.1 Å². The number of amides is 2. The molecule has 0 aromatic heterocycles. The SMILES string of the molecule is CC(C(=O)O)N(C)C(=O)[C@H](Cc1ccccc1)NC(=O)OCC1c2ccccc2-c2ccccc21. The molecule has 1 aliphatic carbocycles. The Labute approximate surface area is 204 Å². The number of carboxylic acid groups (broad SMARTS) is 1. The van der Waals surface area contributed by atoms with Gasteiger partial charge in [-0.3, -0.25) is 4.79 Å². The van der Waals surface area contributed by atoms with Crippen LogP contribution in [0, 0.1) is 0 Å². The number of nitrogens with zero attached hydrogens (tertiary/aromatic N) is 1. The molecule has 0 aliphatic heterocycles. The molecule has 0 saturated carbocycles. The fourth-order valence-corrected chi connectivity index (χ4v) is 4.43. The van der Waals surface area contributed by atoms with Gasteiger partial charge in [-0.2, -0.15) is 0 Å². The van der Waals surface area contributed by atoms with E-state index in [0.717, 1.165) is 32.7 Å². The van der Waals surface area contributed by atoms with Crippen molar-refractivity contribution in [1.82, 2.24) is 10.2 Å².